The molecule has 0 aliphatic carbocycles. The van der Waals surface area contributed by atoms with Crippen LogP contribution in [-0.2, 0) is 14.2 Å². The van der Waals surface area contributed by atoms with Crippen LogP contribution in [0.15, 0.2) is 0 Å². The van der Waals surface area contributed by atoms with Gasteiger partial charge >= 0.3 is 0 Å². The van der Waals surface area contributed by atoms with E-state index in [4.69, 9.17) is 14.2 Å². The Labute approximate surface area is 99.6 Å². The number of rotatable bonds is 12. The van der Waals surface area contributed by atoms with E-state index in [1.165, 1.54) is 0 Å². The second kappa shape index (κ2) is 12.9. The van der Waals surface area contributed by atoms with E-state index in [1.54, 1.807) is 7.11 Å². The zero-order chi connectivity index (χ0) is 12.1. The molecule has 0 bridgehead atoms. The van der Waals surface area contributed by atoms with Crippen molar-refractivity contribution in [1.29, 1.82) is 0 Å². The maximum Gasteiger partial charge on any atom is 0.0700 e. The van der Waals surface area contributed by atoms with Gasteiger partial charge in [0.2, 0.25) is 0 Å². The molecule has 0 aromatic heterocycles. The van der Waals surface area contributed by atoms with Gasteiger partial charge in [-0.2, -0.15) is 0 Å². The van der Waals surface area contributed by atoms with Gasteiger partial charge in [0, 0.05) is 26.4 Å². The van der Waals surface area contributed by atoms with Crippen LogP contribution in [-0.4, -0.2) is 52.7 Å². The van der Waals surface area contributed by atoms with Gasteiger partial charge in [-0.15, -0.1) is 0 Å². The topological polar surface area (TPSA) is 39.7 Å². The smallest absolute Gasteiger partial charge is 0.0700 e. The normalized spacial score (nSPS) is 12.9. The van der Waals surface area contributed by atoms with Gasteiger partial charge in [0.25, 0.3) is 0 Å². The van der Waals surface area contributed by atoms with E-state index in [0.29, 0.717) is 19.3 Å². The molecule has 0 aromatic rings. The van der Waals surface area contributed by atoms with Crippen molar-refractivity contribution in [2.24, 2.45) is 0 Å². The third-order valence-electron chi connectivity index (χ3n) is 2.12. The quantitative estimate of drug-likeness (QED) is 0.518. The van der Waals surface area contributed by atoms with Crippen LogP contribution in [0.25, 0.3) is 0 Å². The number of nitrogens with one attached hydrogen (secondary N) is 1. The number of methoxy groups -OCH3 is 1. The van der Waals surface area contributed by atoms with E-state index in [1.807, 2.05) is 0 Å². The van der Waals surface area contributed by atoms with Gasteiger partial charge in [-0.1, -0.05) is 6.92 Å². The minimum absolute atomic E-state index is 0.439. The summed E-state index contributed by atoms with van der Waals surface area (Å²) >= 11 is 0. The molecule has 0 amide bonds. The summed E-state index contributed by atoms with van der Waals surface area (Å²) in [5.41, 5.74) is 0. The summed E-state index contributed by atoms with van der Waals surface area (Å²) in [6.45, 7) is 9.00. The van der Waals surface area contributed by atoms with Crippen molar-refractivity contribution < 1.29 is 14.2 Å². The van der Waals surface area contributed by atoms with Crippen molar-refractivity contribution in [2.75, 3.05) is 46.7 Å². The van der Waals surface area contributed by atoms with E-state index in [2.05, 4.69) is 19.2 Å². The second-order valence-electron chi connectivity index (χ2n) is 3.89. The lowest BCUT2D eigenvalue weighted by atomic mass is 10.3. The lowest BCUT2D eigenvalue weighted by molar-refractivity contribution is 0.0483. The van der Waals surface area contributed by atoms with Crippen molar-refractivity contribution in [1.82, 2.24) is 5.32 Å². The molecule has 4 heteroatoms. The van der Waals surface area contributed by atoms with Crippen LogP contribution in [0.5, 0.6) is 0 Å². The van der Waals surface area contributed by atoms with Gasteiger partial charge in [0.05, 0.1) is 19.8 Å². The fraction of sp³-hybridized carbons (Fsp3) is 1.00. The molecule has 0 fully saturated rings. The summed E-state index contributed by atoms with van der Waals surface area (Å²) < 4.78 is 15.7. The summed E-state index contributed by atoms with van der Waals surface area (Å²) in [5, 5.41) is 3.38. The van der Waals surface area contributed by atoms with E-state index < -0.39 is 0 Å². The van der Waals surface area contributed by atoms with Crippen molar-refractivity contribution in [2.45, 2.75) is 32.7 Å². The molecular formula is C12H27NO3. The van der Waals surface area contributed by atoms with Crippen LogP contribution in [0.1, 0.15) is 26.7 Å². The average molecular weight is 233 g/mol. The van der Waals surface area contributed by atoms with Crippen molar-refractivity contribution in [3.63, 3.8) is 0 Å². The number of ether oxygens (including phenoxy) is 3. The first-order valence-electron chi connectivity index (χ1n) is 6.19. The third-order valence-corrected chi connectivity index (χ3v) is 2.12. The standard InChI is InChI=1S/C12H27NO3/c1-4-6-13-12(2)11-16-8-5-7-15-10-9-14-3/h12-13H,4-11H2,1-3H3. The van der Waals surface area contributed by atoms with Gasteiger partial charge in [-0.3, -0.25) is 0 Å². The molecule has 0 saturated carbocycles. The van der Waals surface area contributed by atoms with E-state index in [0.717, 1.165) is 39.2 Å². The molecule has 0 rings (SSSR count). The van der Waals surface area contributed by atoms with Crippen LogP contribution < -0.4 is 5.32 Å². The Balaban J connectivity index is 3.02. The molecule has 98 valence electrons. The zero-order valence-corrected chi connectivity index (χ0v) is 11.0. The summed E-state index contributed by atoms with van der Waals surface area (Å²) in [7, 11) is 1.68. The molecule has 0 aliphatic heterocycles. The molecular weight excluding hydrogens is 206 g/mol. The van der Waals surface area contributed by atoms with E-state index >= 15 is 0 Å². The Hall–Kier alpha value is -0.160. The summed E-state index contributed by atoms with van der Waals surface area (Å²) in [5.74, 6) is 0. The molecule has 1 N–H and O–H groups in total. The number of hydrogen-bond acceptors (Lipinski definition) is 4. The molecule has 1 unspecified atom stereocenters. The van der Waals surface area contributed by atoms with Gasteiger partial charge < -0.3 is 19.5 Å². The van der Waals surface area contributed by atoms with Crippen molar-refractivity contribution in [3.05, 3.63) is 0 Å². The number of hydrogen-bond donors (Lipinski definition) is 1. The molecule has 4 nitrogen and oxygen atoms in total. The zero-order valence-electron chi connectivity index (χ0n) is 11.0. The van der Waals surface area contributed by atoms with Crippen LogP contribution in [0, 0.1) is 0 Å². The average Bonchev–Trinajstić information content (AvgIpc) is 2.30. The second-order valence-corrected chi connectivity index (χ2v) is 3.89. The Morgan fingerprint density at radius 1 is 1.06 bits per heavy atom. The lowest BCUT2D eigenvalue weighted by Gasteiger charge is -2.13. The SMILES string of the molecule is CCCNC(C)COCCCOCCOC. The van der Waals surface area contributed by atoms with Crippen molar-refractivity contribution >= 4 is 0 Å². The van der Waals surface area contributed by atoms with Gasteiger partial charge in [-0.05, 0) is 26.3 Å². The molecule has 0 heterocycles. The maximum atomic E-state index is 5.53. The van der Waals surface area contributed by atoms with Gasteiger partial charge in [0.15, 0.2) is 0 Å². The van der Waals surface area contributed by atoms with E-state index in [-0.39, 0.29) is 0 Å². The summed E-state index contributed by atoms with van der Waals surface area (Å²) in [4.78, 5) is 0. The Morgan fingerprint density at radius 3 is 2.50 bits per heavy atom. The Morgan fingerprint density at radius 2 is 1.81 bits per heavy atom. The van der Waals surface area contributed by atoms with Gasteiger partial charge in [0.1, 0.15) is 0 Å². The van der Waals surface area contributed by atoms with E-state index in [9.17, 15) is 0 Å². The predicted molar refractivity (Wildman–Crippen MR) is 65.9 cm³/mol. The largest absolute Gasteiger partial charge is 0.382 e. The maximum absolute atomic E-state index is 5.53. The highest BCUT2D eigenvalue weighted by Gasteiger charge is 1.99. The molecule has 0 aliphatic rings. The molecule has 0 aromatic carbocycles. The molecule has 0 radical (unpaired) electrons. The Kier molecular flexibility index (Phi) is 12.8. The monoisotopic (exact) mass is 233 g/mol. The van der Waals surface area contributed by atoms with Gasteiger partial charge in [-0.25, -0.2) is 0 Å². The first-order valence-corrected chi connectivity index (χ1v) is 6.19. The molecule has 0 spiro atoms. The van der Waals surface area contributed by atoms with Crippen LogP contribution in [0.3, 0.4) is 0 Å². The highest BCUT2D eigenvalue weighted by atomic mass is 16.5. The highest BCUT2D eigenvalue weighted by molar-refractivity contribution is 4.57. The van der Waals surface area contributed by atoms with Crippen LogP contribution in [0.2, 0.25) is 0 Å². The van der Waals surface area contributed by atoms with Crippen molar-refractivity contribution in [3.8, 4) is 0 Å². The first-order chi connectivity index (χ1) is 7.81. The molecule has 16 heavy (non-hydrogen) atoms. The third kappa shape index (κ3) is 11.9. The fourth-order valence-corrected chi connectivity index (χ4v) is 1.22. The molecule has 0 saturated heterocycles. The predicted octanol–water partition coefficient (Wildman–Crippen LogP) is 1.44. The summed E-state index contributed by atoms with van der Waals surface area (Å²) in [6.07, 6.45) is 2.11. The molecule has 1 atom stereocenters. The minimum Gasteiger partial charge on any atom is -0.382 e. The minimum atomic E-state index is 0.439. The Bertz CT molecular complexity index is 133. The fourth-order valence-electron chi connectivity index (χ4n) is 1.22. The van der Waals surface area contributed by atoms with Crippen LogP contribution >= 0.6 is 0 Å². The first kappa shape index (κ1) is 15.8. The highest BCUT2D eigenvalue weighted by Crippen LogP contribution is 1.89. The van der Waals surface area contributed by atoms with Crippen LogP contribution in [0.4, 0.5) is 0 Å². The summed E-state index contributed by atoms with van der Waals surface area (Å²) in [6, 6.07) is 0.439. The lowest BCUT2D eigenvalue weighted by Crippen LogP contribution is -2.31.